The average molecular weight is 289 g/mol. The van der Waals surface area contributed by atoms with Gasteiger partial charge in [-0.1, -0.05) is 6.92 Å². The molecule has 7 heteroatoms. The molecular weight excluding hydrogens is 266 g/mol. The highest BCUT2D eigenvalue weighted by Crippen LogP contribution is 2.19. The number of nitrogens with one attached hydrogen (secondary N) is 2. The van der Waals surface area contributed by atoms with E-state index in [1.54, 1.807) is 6.20 Å². The van der Waals surface area contributed by atoms with Crippen molar-refractivity contribution in [1.82, 2.24) is 19.5 Å². The Bertz CT molecular complexity index is 591. The minimum absolute atomic E-state index is 0.674. The standard InChI is InChI=1S/C14H23N7/c1-4-5-11-18-13(10(2)14(19-11)20-15)17-7-6-12-16-8-9-21(12)3/h8-9H,4-7,15H2,1-3H3,(H2,17,18,19,20). The molecule has 0 amide bonds. The lowest BCUT2D eigenvalue weighted by molar-refractivity contribution is 0.784. The van der Waals surface area contributed by atoms with Gasteiger partial charge in [-0.2, -0.15) is 0 Å². The number of nitrogen functional groups attached to an aromatic ring is 1. The van der Waals surface area contributed by atoms with E-state index in [0.29, 0.717) is 5.82 Å². The molecule has 0 aliphatic rings. The van der Waals surface area contributed by atoms with E-state index in [4.69, 9.17) is 5.84 Å². The van der Waals surface area contributed by atoms with Gasteiger partial charge in [-0.15, -0.1) is 0 Å². The van der Waals surface area contributed by atoms with E-state index in [-0.39, 0.29) is 0 Å². The van der Waals surface area contributed by atoms with Crippen LogP contribution in [0.4, 0.5) is 11.6 Å². The molecule has 0 radical (unpaired) electrons. The van der Waals surface area contributed by atoms with Crippen LogP contribution < -0.4 is 16.6 Å². The molecule has 114 valence electrons. The van der Waals surface area contributed by atoms with Gasteiger partial charge in [0.2, 0.25) is 0 Å². The molecule has 0 fully saturated rings. The smallest absolute Gasteiger partial charge is 0.148 e. The van der Waals surface area contributed by atoms with Gasteiger partial charge in [0.25, 0.3) is 0 Å². The molecule has 0 aromatic carbocycles. The molecule has 2 aromatic heterocycles. The molecule has 0 aliphatic heterocycles. The maximum Gasteiger partial charge on any atom is 0.148 e. The van der Waals surface area contributed by atoms with E-state index < -0.39 is 0 Å². The van der Waals surface area contributed by atoms with Crippen molar-refractivity contribution in [2.45, 2.75) is 33.1 Å². The zero-order chi connectivity index (χ0) is 15.2. The Morgan fingerprint density at radius 2 is 2.00 bits per heavy atom. The summed E-state index contributed by atoms with van der Waals surface area (Å²) >= 11 is 0. The van der Waals surface area contributed by atoms with Gasteiger partial charge >= 0.3 is 0 Å². The Labute approximate surface area is 125 Å². The van der Waals surface area contributed by atoms with Crippen LogP contribution in [0.25, 0.3) is 0 Å². The van der Waals surface area contributed by atoms with Crippen LogP contribution in [-0.2, 0) is 19.9 Å². The number of nitrogens with two attached hydrogens (primary N) is 1. The lowest BCUT2D eigenvalue weighted by Gasteiger charge is -2.13. The maximum atomic E-state index is 5.53. The van der Waals surface area contributed by atoms with Crippen molar-refractivity contribution in [3.63, 3.8) is 0 Å². The first-order valence-corrected chi connectivity index (χ1v) is 7.20. The highest BCUT2D eigenvalue weighted by molar-refractivity contribution is 5.56. The predicted octanol–water partition coefficient (Wildman–Crippen LogP) is 1.41. The van der Waals surface area contributed by atoms with Gasteiger partial charge < -0.3 is 15.3 Å². The molecule has 2 rings (SSSR count). The number of nitrogens with zero attached hydrogens (tertiary/aromatic N) is 4. The fourth-order valence-corrected chi connectivity index (χ4v) is 2.14. The molecule has 0 bridgehead atoms. The van der Waals surface area contributed by atoms with Crippen LogP contribution in [0.15, 0.2) is 12.4 Å². The summed E-state index contributed by atoms with van der Waals surface area (Å²) in [6.45, 7) is 4.82. The molecule has 0 saturated carbocycles. The molecule has 0 atom stereocenters. The molecule has 2 heterocycles. The first kappa shape index (κ1) is 15.2. The van der Waals surface area contributed by atoms with Crippen LogP contribution in [0, 0.1) is 6.92 Å². The normalized spacial score (nSPS) is 10.7. The van der Waals surface area contributed by atoms with E-state index in [0.717, 1.165) is 48.8 Å². The second-order valence-electron chi connectivity index (χ2n) is 4.99. The highest BCUT2D eigenvalue weighted by Gasteiger charge is 2.10. The van der Waals surface area contributed by atoms with E-state index in [9.17, 15) is 0 Å². The van der Waals surface area contributed by atoms with Crippen LogP contribution in [0.2, 0.25) is 0 Å². The number of hydrogen-bond donors (Lipinski definition) is 3. The number of aryl methyl sites for hydroxylation is 2. The lowest BCUT2D eigenvalue weighted by atomic mass is 10.2. The number of anilines is 2. The topological polar surface area (TPSA) is 93.7 Å². The summed E-state index contributed by atoms with van der Waals surface area (Å²) in [6.07, 6.45) is 6.42. The molecule has 21 heavy (non-hydrogen) atoms. The zero-order valence-electron chi connectivity index (χ0n) is 12.8. The van der Waals surface area contributed by atoms with Crippen LogP contribution in [-0.4, -0.2) is 26.1 Å². The van der Waals surface area contributed by atoms with Gasteiger partial charge in [0, 0.05) is 44.4 Å². The molecule has 4 N–H and O–H groups in total. The van der Waals surface area contributed by atoms with Gasteiger partial charge in [0.05, 0.1) is 0 Å². The lowest BCUT2D eigenvalue weighted by Crippen LogP contribution is -2.16. The quantitative estimate of drug-likeness (QED) is 0.527. The number of rotatable bonds is 7. The van der Waals surface area contributed by atoms with Crippen molar-refractivity contribution in [3.05, 3.63) is 29.6 Å². The summed E-state index contributed by atoms with van der Waals surface area (Å²) in [5.74, 6) is 8.88. The first-order valence-electron chi connectivity index (χ1n) is 7.20. The summed E-state index contributed by atoms with van der Waals surface area (Å²) in [5, 5.41) is 3.35. The molecule has 0 aliphatic carbocycles. The fraction of sp³-hybridized carbons (Fsp3) is 0.500. The molecule has 7 nitrogen and oxygen atoms in total. The van der Waals surface area contributed by atoms with Crippen molar-refractivity contribution in [1.29, 1.82) is 0 Å². The third kappa shape index (κ3) is 3.69. The molecule has 0 unspecified atom stereocenters. The maximum absolute atomic E-state index is 5.53. The Morgan fingerprint density at radius 1 is 1.24 bits per heavy atom. The van der Waals surface area contributed by atoms with Crippen LogP contribution in [0.3, 0.4) is 0 Å². The van der Waals surface area contributed by atoms with E-state index >= 15 is 0 Å². The zero-order valence-corrected chi connectivity index (χ0v) is 12.8. The largest absolute Gasteiger partial charge is 0.369 e. The van der Waals surface area contributed by atoms with Gasteiger partial charge in [0.15, 0.2) is 0 Å². The number of hydrogen-bond acceptors (Lipinski definition) is 6. The Hall–Kier alpha value is -2.15. The van der Waals surface area contributed by atoms with Crippen LogP contribution >= 0.6 is 0 Å². The third-order valence-electron chi connectivity index (χ3n) is 3.36. The van der Waals surface area contributed by atoms with E-state index in [1.807, 2.05) is 24.7 Å². The Kier molecular flexibility index (Phi) is 5.10. The summed E-state index contributed by atoms with van der Waals surface area (Å²) in [7, 11) is 1.99. The summed E-state index contributed by atoms with van der Waals surface area (Å²) in [6, 6.07) is 0. The second-order valence-corrected chi connectivity index (χ2v) is 4.99. The monoisotopic (exact) mass is 289 g/mol. The van der Waals surface area contributed by atoms with E-state index in [1.165, 1.54) is 0 Å². The van der Waals surface area contributed by atoms with Crippen LogP contribution in [0.1, 0.15) is 30.6 Å². The van der Waals surface area contributed by atoms with Crippen molar-refractivity contribution < 1.29 is 0 Å². The Balaban J connectivity index is 2.07. The van der Waals surface area contributed by atoms with Gasteiger partial charge in [-0.05, 0) is 13.3 Å². The summed E-state index contributed by atoms with van der Waals surface area (Å²) in [4.78, 5) is 13.3. The first-order chi connectivity index (χ1) is 10.2. The minimum Gasteiger partial charge on any atom is -0.369 e. The van der Waals surface area contributed by atoms with Crippen molar-refractivity contribution in [3.8, 4) is 0 Å². The molecule has 2 aromatic rings. The van der Waals surface area contributed by atoms with Crippen molar-refractivity contribution in [2.24, 2.45) is 12.9 Å². The number of hydrazine groups is 1. The second kappa shape index (κ2) is 7.03. The highest BCUT2D eigenvalue weighted by atomic mass is 15.3. The molecular formula is C14H23N7. The summed E-state index contributed by atoms with van der Waals surface area (Å²) < 4.78 is 2.02. The average Bonchev–Trinajstić information content (AvgIpc) is 2.88. The van der Waals surface area contributed by atoms with Gasteiger partial charge in [-0.25, -0.2) is 20.8 Å². The third-order valence-corrected chi connectivity index (χ3v) is 3.36. The molecule has 0 spiro atoms. The predicted molar refractivity (Wildman–Crippen MR) is 84.0 cm³/mol. The SMILES string of the molecule is CCCc1nc(NN)c(C)c(NCCc2nccn2C)n1. The molecule has 0 saturated heterocycles. The Morgan fingerprint density at radius 3 is 2.62 bits per heavy atom. The summed E-state index contributed by atoms with van der Waals surface area (Å²) in [5.41, 5.74) is 3.57. The van der Waals surface area contributed by atoms with Crippen molar-refractivity contribution in [2.75, 3.05) is 17.3 Å². The van der Waals surface area contributed by atoms with Crippen LogP contribution in [0.5, 0.6) is 0 Å². The minimum atomic E-state index is 0.674. The van der Waals surface area contributed by atoms with E-state index in [2.05, 4.69) is 32.6 Å². The number of imidazole rings is 1. The number of aromatic nitrogens is 4. The van der Waals surface area contributed by atoms with Gasteiger partial charge in [-0.3, -0.25) is 0 Å². The van der Waals surface area contributed by atoms with Gasteiger partial charge in [0.1, 0.15) is 23.3 Å². The fourth-order valence-electron chi connectivity index (χ4n) is 2.14. The van der Waals surface area contributed by atoms with Crippen molar-refractivity contribution >= 4 is 11.6 Å².